The van der Waals surface area contributed by atoms with E-state index in [0.717, 1.165) is 16.3 Å². The molecule has 5 rings (SSSR count). The number of carbonyl (C=O) groups excluding carboxylic acids is 3. The number of carbonyl (C=O) groups is 3. The highest BCUT2D eigenvalue weighted by molar-refractivity contribution is 8.00. The fourth-order valence-electron chi connectivity index (χ4n) is 4.71. The number of hydrogen-bond acceptors (Lipinski definition) is 6. The van der Waals surface area contributed by atoms with Crippen LogP contribution in [0.5, 0.6) is 11.5 Å². The van der Waals surface area contributed by atoms with Gasteiger partial charge in [-0.2, -0.15) is 0 Å². The molecule has 5 aromatic rings. The van der Waals surface area contributed by atoms with Crippen molar-refractivity contribution in [2.24, 2.45) is 0 Å². The first-order valence-corrected chi connectivity index (χ1v) is 15.7. The normalized spacial score (nSPS) is 10.9. The summed E-state index contributed by atoms with van der Waals surface area (Å²) in [6.07, 6.45) is 1.57. The molecule has 0 aliphatic heterocycles. The van der Waals surface area contributed by atoms with Gasteiger partial charge in [-0.3, -0.25) is 19.3 Å². The third-order valence-electron chi connectivity index (χ3n) is 6.98. The van der Waals surface area contributed by atoms with Crippen LogP contribution in [0.3, 0.4) is 0 Å². The molecule has 9 heteroatoms. The number of thioether (sulfide) groups is 1. The van der Waals surface area contributed by atoms with Gasteiger partial charge in [-0.1, -0.05) is 66.7 Å². The smallest absolute Gasteiger partial charge is 0.272 e. The number of ether oxygens (including phenoxy) is 2. The number of nitrogens with zero attached hydrogens (tertiary/aromatic N) is 1. The number of methoxy groups -OCH3 is 2. The first-order chi connectivity index (χ1) is 22.9. The molecule has 0 aliphatic rings. The van der Waals surface area contributed by atoms with Crippen LogP contribution < -0.4 is 25.0 Å². The van der Waals surface area contributed by atoms with E-state index in [1.54, 1.807) is 71.6 Å². The molecule has 5 aromatic carbocycles. The Balaban J connectivity index is 1.34. The van der Waals surface area contributed by atoms with E-state index in [0.29, 0.717) is 28.3 Å². The lowest BCUT2D eigenvalue weighted by molar-refractivity contribution is -0.115. The van der Waals surface area contributed by atoms with Gasteiger partial charge in [0.1, 0.15) is 5.70 Å². The summed E-state index contributed by atoms with van der Waals surface area (Å²) in [7, 11) is 3.06. The van der Waals surface area contributed by atoms with E-state index in [4.69, 9.17) is 9.47 Å². The summed E-state index contributed by atoms with van der Waals surface area (Å²) in [4.78, 5) is 42.7. The van der Waals surface area contributed by atoms with E-state index < -0.39 is 11.8 Å². The predicted octanol–water partition coefficient (Wildman–Crippen LogP) is 7.57. The van der Waals surface area contributed by atoms with Gasteiger partial charge in [0.05, 0.1) is 20.0 Å². The molecule has 0 aliphatic carbocycles. The van der Waals surface area contributed by atoms with Gasteiger partial charge in [0, 0.05) is 27.5 Å². The molecule has 0 heterocycles. The van der Waals surface area contributed by atoms with Gasteiger partial charge < -0.3 is 20.1 Å². The van der Waals surface area contributed by atoms with E-state index in [1.807, 2.05) is 72.8 Å². The number of nitrogens with one attached hydrogen (secondary N) is 2. The van der Waals surface area contributed by atoms with Crippen LogP contribution in [0.25, 0.3) is 6.08 Å². The molecule has 0 spiro atoms. The standard InChI is InChI=1S/C38H33N3O5S/c1-45-34-22-21-27(24-35(34)46-2)23-33(40-37(43)28-13-6-3-7-14-28)38(44)39-29-15-12-20-32(25-29)47-26-36(42)41(30-16-8-4-9-17-30)31-18-10-5-11-19-31/h3-25H,26H2,1-2H3,(H,39,44)(H,40,43)/b33-23-. The van der Waals surface area contributed by atoms with E-state index >= 15 is 0 Å². The summed E-state index contributed by atoms with van der Waals surface area (Å²) in [5, 5.41) is 5.64. The highest BCUT2D eigenvalue weighted by atomic mass is 32.2. The minimum Gasteiger partial charge on any atom is -0.493 e. The third kappa shape index (κ3) is 8.68. The fraction of sp³-hybridized carbons (Fsp3) is 0.0789. The summed E-state index contributed by atoms with van der Waals surface area (Å²) in [5.41, 5.74) is 3.10. The SMILES string of the molecule is COc1ccc(/C=C(\NC(=O)c2ccccc2)C(=O)Nc2cccc(SCC(=O)N(c3ccccc3)c3ccccc3)c2)cc1OC. The molecular weight excluding hydrogens is 611 g/mol. The third-order valence-corrected chi connectivity index (χ3v) is 7.96. The molecule has 3 amide bonds. The van der Waals surface area contributed by atoms with Crippen LogP contribution in [-0.2, 0) is 9.59 Å². The maximum absolute atomic E-state index is 13.6. The first kappa shape index (κ1) is 32.6. The van der Waals surface area contributed by atoms with Crippen molar-refractivity contribution in [2.75, 3.05) is 30.2 Å². The summed E-state index contributed by atoms with van der Waals surface area (Å²) < 4.78 is 10.7. The summed E-state index contributed by atoms with van der Waals surface area (Å²) in [6, 6.07) is 40.0. The van der Waals surface area contributed by atoms with Crippen molar-refractivity contribution < 1.29 is 23.9 Å². The fourth-order valence-corrected chi connectivity index (χ4v) is 5.52. The van der Waals surface area contributed by atoms with E-state index in [2.05, 4.69) is 10.6 Å². The Bertz CT molecular complexity index is 1830. The van der Waals surface area contributed by atoms with Gasteiger partial charge in [0.2, 0.25) is 5.91 Å². The Morgan fingerprint density at radius 2 is 1.32 bits per heavy atom. The van der Waals surface area contributed by atoms with E-state index in [1.165, 1.54) is 26.0 Å². The number of benzene rings is 5. The Morgan fingerprint density at radius 1 is 0.702 bits per heavy atom. The maximum Gasteiger partial charge on any atom is 0.272 e. The number of anilines is 3. The summed E-state index contributed by atoms with van der Waals surface area (Å²) >= 11 is 1.36. The second-order valence-electron chi connectivity index (χ2n) is 10.2. The zero-order valence-corrected chi connectivity index (χ0v) is 26.7. The molecule has 0 unspecified atom stereocenters. The van der Waals surface area contributed by atoms with Crippen LogP contribution in [0, 0.1) is 0 Å². The van der Waals surface area contributed by atoms with Gasteiger partial charge in [-0.15, -0.1) is 11.8 Å². The monoisotopic (exact) mass is 643 g/mol. The Morgan fingerprint density at radius 3 is 1.94 bits per heavy atom. The van der Waals surface area contributed by atoms with Gasteiger partial charge in [-0.25, -0.2) is 0 Å². The van der Waals surface area contributed by atoms with Crippen molar-refractivity contribution in [1.82, 2.24) is 5.32 Å². The zero-order valence-electron chi connectivity index (χ0n) is 25.9. The van der Waals surface area contributed by atoms with Crippen LogP contribution in [0.1, 0.15) is 15.9 Å². The van der Waals surface area contributed by atoms with Crippen molar-refractivity contribution in [1.29, 1.82) is 0 Å². The van der Waals surface area contributed by atoms with Gasteiger partial charge >= 0.3 is 0 Å². The molecule has 0 atom stereocenters. The Hall–Kier alpha value is -5.80. The second kappa shape index (κ2) is 16.0. The minimum absolute atomic E-state index is 0.0284. The van der Waals surface area contributed by atoms with Crippen LogP contribution >= 0.6 is 11.8 Å². The highest BCUT2D eigenvalue weighted by Gasteiger charge is 2.19. The van der Waals surface area contributed by atoms with Crippen molar-refractivity contribution in [3.8, 4) is 11.5 Å². The quantitative estimate of drug-likeness (QED) is 0.108. The highest BCUT2D eigenvalue weighted by Crippen LogP contribution is 2.30. The minimum atomic E-state index is -0.526. The van der Waals surface area contributed by atoms with Gasteiger partial charge in [0.15, 0.2) is 11.5 Å². The second-order valence-corrected chi connectivity index (χ2v) is 11.2. The van der Waals surface area contributed by atoms with Crippen LogP contribution in [0.4, 0.5) is 17.1 Å². The first-order valence-electron chi connectivity index (χ1n) is 14.7. The molecule has 0 fully saturated rings. The Kier molecular flexibility index (Phi) is 11.1. The lowest BCUT2D eigenvalue weighted by Crippen LogP contribution is -2.30. The average Bonchev–Trinajstić information content (AvgIpc) is 3.12. The van der Waals surface area contributed by atoms with Crippen LogP contribution in [0.2, 0.25) is 0 Å². The molecule has 0 radical (unpaired) electrons. The number of amides is 3. The largest absolute Gasteiger partial charge is 0.493 e. The predicted molar refractivity (Wildman–Crippen MR) is 187 cm³/mol. The molecule has 0 bridgehead atoms. The van der Waals surface area contributed by atoms with Crippen LogP contribution in [0.15, 0.2) is 144 Å². The molecule has 0 aromatic heterocycles. The number of rotatable bonds is 12. The molecule has 0 saturated heterocycles. The molecule has 47 heavy (non-hydrogen) atoms. The molecule has 236 valence electrons. The number of para-hydroxylation sites is 2. The lowest BCUT2D eigenvalue weighted by Gasteiger charge is -2.23. The molecule has 0 saturated carbocycles. The topological polar surface area (TPSA) is 97.0 Å². The lowest BCUT2D eigenvalue weighted by atomic mass is 10.1. The average molecular weight is 644 g/mol. The molecular formula is C38H33N3O5S. The van der Waals surface area contributed by atoms with Crippen LogP contribution in [-0.4, -0.2) is 37.7 Å². The van der Waals surface area contributed by atoms with Gasteiger partial charge in [-0.05, 0) is 78.4 Å². The van der Waals surface area contributed by atoms with Crippen molar-refractivity contribution >= 4 is 52.6 Å². The van der Waals surface area contributed by atoms with Crippen molar-refractivity contribution in [3.63, 3.8) is 0 Å². The molecule has 8 nitrogen and oxygen atoms in total. The van der Waals surface area contributed by atoms with E-state index in [9.17, 15) is 14.4 Å². The summed E-state index contributed by atoms with van der Waals surface area (Å²) in [5.74, 6) is 0.128. The van der Waals surface area contributed by atoms with E-state index in [-0.39, 0.29) is 17.4 Å². The molecule has 2 N–H and O–H groups in total. The maximum atomic E-state index is 13.6. The summed E-state index contributed by atoms with van der Waals surface area (Å²) in [6.45, 7) is 0. The van der Waals surface area contributed by atoms with Gasteiger partial charge in [0.25, 0.3) is 11.8 Å². The van der Waals surface area contributed by atoms with Crippen molar-refractivity contribution in [3.05, 3.63) is 150 Å². The number of hydrogen-bond donors (Lipinski definition) is 2. The van der Waals surface area contributed by atoms with Crippen molar-refractivity contribution in [2.45, 2.75) is 4.90 Å². The Labute approximate surface area is 278 Å². The zero-order chi connectivity index (χ0) is 33.0.